The predicted molar refractivity (Wildman–Crippen MR) is 36.1 cm³/mol. The fourth-order valence-corrected chi connectivity index (χ4v) is 0.745. The second-order valence-electron chi connectivity index (χ2n) is 2.00. The normalized spacial score (nSPS) is 10.0. The highest BCUT2D eigenvalue weighted by Gasteiger charge is 1.95. The van der Waals surface area contributed by atoms with Crippen LogP contribution in [0, 0.1) is 6.92 Å². The SMILES string of the molecule is CNCc1[nH]cnc1C. The van der Waals surface area contributed by atoms with Crippen molar-refractivity contribution >= 4 is 0 Å². The molecule has 1 aromatic heterocycles. The number of rotatable bonds is 2. The zero-order valence-corrected chi connectivity index (χ0v) is 5.73. The number of nitrogens with zero attached hydrogens (tertiary/aromatic N) is 1. The van der Waals surface area contributed by atoms with E-state index in [1.807, 2.05) is 14.0 Å². The van der Waals surface area contributed by atoms with Crippen LogP contribution in [0.15, 0.2) is 6.33 Å². The van der Waals surface area contributed by atoms with Crippen molar-refractivity contribution in [2.75, 3.05) is 7.05 Å². The molecular weight excluding hydrogens is 114 g/mol. The van der Waals surface area contributed by atoms with E-state index in [0.29, 0.717) is 0 Å². The summed E-state index contributed by atoms with van der Waals surface area (Å²) in [6, 6.07) is 0. The summed E-state index contributed by atoms with van der Waals surface area (Å²) in [5.41, 5.74) is 2.24. The van der Waals surface area contributed by atoms with Crippen molar-refractivity contribution in [2.24, 2.45) is 0 Å². The van der Waals surface area contributed by atoms with Gasteiger partial charge >= 0.3 is 0 Å². The first-order valence-electron chi connectivity index (χ1n) is 2.98. The van der Waals surface area contributed by atoms with Crippen LogP contribution in [0.2, 0.25) is 0 Å². The third kappa shape index (κ3) is 1.29. The van der Waals surface area contributed by atoms with Gasteiger partial charge in [0.25, 0.3) is 0 Å². The Balaban J connectivity index is 2.69. The predicted octanol–water partition coefficient (Wildman–Crippen LogP) is 0.438. The Kier molecular flexibility index (Phi) is 1.85. The average molecular weight is 125 g/mol. The Morgan fingerprint density at radius 3 is 3.00 bits per heavy atom. The summed E-state index contributed by atoms with van der Waals surface area (Å²) < 4.78 is 0. The maximum Gasteiger partial charge on any atom is 0.0925 e. The smallest absolute Gasteiger partial charge is 0.0925 e. The van der Waals surface area contributed by atoms with E-state index in [4.69, 9.17) is 0 Å². The highest BCUT2D eigenvalue weighted by atomic mass is 14.9. The minimum Gasteiger partial charge on any atom is -0.347 e. The van der Waals surface area contributed by atoms with E-state index in [-0.39, 0.29) is 0 Å². The van der Waals surface area contributed by atoms with Gasteiger partial charge in [-0.05, 0) is 14.0 Å². The number of nitrogens with one attached hydrogen (secondary N) is 2. The molecule has 0 aliphatic carbocycles. The highest BCUT2D eigenvalue weighted by Crippen LogP contribution is 1.97. The van der Waals surface area contributed by atoms with E-state index in [9.17, 15) is 0 Å². The van der Waals surface area contributed by atoms with E-state index < -0.39 is 0 Å². The molecule has 0 spiro atoms. The molecule has 0 aromatic carbocycles. The standard InChI is InChI=1S/C6H11N3/c1-5-6(3-7-2)9-4-8-5/h4,7H,3H2,1-2H3,(H,8,9). The molecule has 3 nitrogen and oxygen atoms in total. The number of aromatic amines is 1. The van der Waals surface area contributed by atoms with Gasteiger partial charge in [0.1, 0.15) is 0 Å². The first-order chi connectivity index (χ1) is 4.34. The molecule has 0 atom stereocenters. The molecule has 0 unspecified atom stereocenters. The summed E-state index contributed by atoms with van der Waals surface area (Å²) >= 11 is 0. The van der Waals surface area contributed by atoms with Crippen LogP contribution < -0.4 is 5.32 Å². The molecule has 0 aliphatic heterocycles. The van der Waals surface area contributed by atoms with Gasteiger partial charge in [0.05, 0.1) is 17.7 Å². The number of hydrogen-bond donors (Lipinski definition) is 2. The van der Waals surface area contributed by atoms with E-state index in [1.165, 1.54) is 0 Å². The van der Waals surface area contributed by atoms with Crippen LogP contribution in [0.3, 0.4) is 0 Å². The topological polar surface area (TPSA) is 40.7 Å². The molecule has 9 heavy (non-hydrogen) atoms. The lowest BCUT2D eigenvalue weighted by Gasteiger charge is -1.94. The van der Waals surface area contributed by atoms with E-state index >= 15 is 0 Å². The second-order valence-corrected chi connectivity index (χ2v) is 2.00. The molecule has 0 saturated heterocycles. The van der Waals surface area contributed by atoms with Gasteiger partial charge in [0.15, 0.2) is 0 Å². The molecule has 1 aromatic rings. The van der Waals surface area contributed by atoms with E-state index in [0.717, 1.165) is 17.9 Å². The molecule has 0 saturated carbocycles. The Morgan fingerprint density at radius 1 is 1.78 bits per heavy atom. The van der Waals surface area contributed by atoms with Crippen LogP contribution in [0.1, 0.15) is 11.4 Å². The van der Waals surface area contributed by atoms with E-state index in [2.05, 4.69) is 15.3 Å². The van der Waals surface area contributed by atoms with Crippen molar-refractivity contribution in [1.29, 1.82) is 0 Å². The van der Waals surface area contributed by atoms with Gasteiger partial charge in [-0.1, -0.05) is 0 Å². The monoisotopic (exact) mass is 125 g/mol. The lowest BCUT2D eigenvalue weighted by atomic mass is 10.3. The van der Waals surface area contributed by atoms with Crippen molar-refractivity contribution in [3.8, 4) is 0 Å². The van der Waals surface area contributed by atoms with Crippen LogP contribution in [-0.2, 0) is 6.54 Å². The molecule has 0 bridgehead atoms. The van der Waals surface area contributed by atoms with Crippen LogP contribution in [-0.4, -0.2) is 17.0 Å². The quantitative estimate of drug-likeness (QED) is 0.602. The molecule has 1 rings (SSSR count). The Morgan fingerprint density at radius 2 is 2.56 bits per heavy atom. The molecule has 0 amide bonds. The summed E-state index contributed by atoms with van der Waals surface area (Å²) in [5, 5.41) is 3.04. The number of hydrogen-bond acceptors (Lipinski definition) is 2. The van der Waals surface area contributed by atoms with Crippen LogP contribution >= 0.6 is 0 Å². The number of aromatic nitrogens is 2. The molecule has 3 heteroatoms. The third-order valence-corrected chi connectivity index (χ3v) is 1.29. The summed E-state index contributed by atoms with van der Waals surface area (Å²) in [6.45, 7) is 2.86. The van der Waals surface area contributed by atoms with Crippen molar-refractivity contribution in [3.05, 3.63) is 17.7 Å². The molecule has 0 aliphatic rings. The Bertz CT molecular complexity index is 180. The highest BCUT2D eigenvalue weighted by molar-refractivity contribution is 5.07. The first kappa shape index (κ1) is 6.29. The lowest BCUT2D eigenvalue weighted by Crippen LogP contribution is -2.06. The van der Waals surface area contributed by atoms with Gasteiger partial charge in [-0.15, -0.1) is 0 Å². The van der Waals surface area contributed by atoms with Crippen LogP contribution in [0.5, 0.6) is 0 Å². The minimum atomic E-state index is 0.867. The number of imidazole rings is 1. The fourth-order valence-electron chi connectivity index (χ4n) is 0.745. The van der Waals surface area contributed by atoms with Crippen molar-refractivity contribution in [2.45, 2.75) is 13.5 Å². The van der Waals surface area contributed by atoms with Crippen LogP contribution in [0.25, 0.3) is 0 Å². The average Bonchev–Trinajstić information content (AvgIpc) is 2.18. The first-order valence-corrected chi connectivity index (χ1v) is 2.98. The van der Waals surface area contributed by atoms with Crippen molar-refractivity contribution in [3.63, 3.8) is 0 Å². The molecule has 0 radical (unpaired) electrons. The summed E-state index contributed by atoms with van der Waals surface area (Å²) in [5.74, 6) is 0. The minimum absolute atomic E-state index is 0.867. The summed E-state index contributed by atoms with van der Waals surface area (Å²) in [4.78, 5) is 7.07. The number of aryl methyl sites for hydroxylation is 1. The van der Waals surface area contributed by atoms with Gasteiger partial charge in [-0.2, -0.15) is 0 Å². The third-order valence-electron chi connectivity index (χ3n) is 1.29. The van der Waals surface area contributed by atoms with E-state index in [1.54, 1.807) is 6.33 Å². The zero-order valence-electron chi connectivity index (χ0n) is 5.73. The molecule has 1 heterocycles. The Labute approximate surface area is 54.5 Å². The Hall–Kier alpha value is -0.830. The zero-order chi connectivity index (χ0) is 6.69. The molecule has 50 valence electrons. The van der Waals surface area contributed by atoms with Gasteiger partial charge < -0.3 is 10.3 Å². The van der Waals surface area contributed by atoms with Gasteiger partial charge in [-0.25, -0.2) is 4.98 Å². The maximum atomic E-state index is 4.04. The maximum absolute atomic E-state index is 4.04. The molecule has 2 N–H and O–H groups in total. The van der Waals surface area contributed by atoms with Crippen LogP contribution in [0.4, 0.5) is 0 Å². The van der Waals surface area contributed by atoms with Gasteiger partial charge in [0, 0.05) is 6.54 Å². The largest absolute Gasteiger partial charge is 0.347 e. The molecular formula is C6H11N3. The van der Waals surface area contributed by atoms with Crippen molar-refractivity contribution < 1.29 is 0 Å². The second kappa shape index (κ2) is 2.64. The lowest BCUT2D eigenvalue weighted by molar-refractivity contribution is 0.790. The summed E-state index contributed by atoms with van der Waals surface area (Å²) in [7, 11) is 1.92. The molecule has 0 fully saturated rings. The number of H-pyrrole nitrogens is 1. The summed E-state index contributed by atoms with van der Waals surface area (Å²) in [6.07, 6.45) is 1.71. The fraction of sp³-hybridized carbons (Fsp3) is 0.500. The van der Waals surface area contributed by atoms with Gasteiger partial charge in [-0.3, -0.25) is 0 Å². The van der Waals surface area contributed by atoms with Gasteiger partial charge in [0.2, 0.25) is 0 Å². The van der Waals surface area contributed by atoms with Crippen molar-refractivity contribution in [1.82, 2.24) is 15.3 Å².